The Morgan fingerprint density at radius 2 is 1.87 bits per heavy atom. The van der Waals surface area contributed by atoms with E-state index >= 15 is 0 Å². The van der Waals surface area contributed by atoms with Gasteiger partial charge in [-0.05, 0) is 55.1 Å². The molecule has 2 aromatic rings. The number of alkyl halides is 3. The van der Waals surface area contributed by atoms with Crippen LogP contribution in [-0.4, -0.2) is 36.0 Å². The summed E-state index contributed by atoms with van der Waals surface area (Å²) >= 11 is 0. The second-order valence-electron chi connectivity index (χ2n) is 6.73. The molecule has 0 spiro atoms. The number of benzene rings is 2. The lowest BCUT2D eigenvalue weighted by Crippen LogP contribution is -2.34. The molecule has 0 saturated carbocycles. The van der Waals surface area contributed by atoms with Gasteiger partial charge in [-0.15, -0.1) is 0 Å². The number of hydrogen-bond acceptors (Lipinski definition) is 4. The van der Waals surface area contributed by atoms with Crippen molar-refractivity contribution in [1.82, 2.24) is 4.90 Å². The molecule has 0 heterocycles. The van der Waals surface area contributed by atoms with Crippen molar-refractivity contribution in [2.24, 2.45) is 4.99 Å². The summed E-state index contributed by atoms with van der Waals surface area (Å²) < 4.78 is 43.4. The summed E-state index contributed by atoms with van der Waals surface area (Å²) in [7, 11) is 0. The monoisotopic (exact) mass is 418 g/mol. The third-order valence-electron chi connectivity index (χ3n) is 4.48. The molecule has 1 unspecified atom stereocenters. The summed E-state index contributed by atoms with van der Waals surface area (Å²) in [5.74, 6) is 0.250. The van der Waals surface area contributed by atoms with Gasteiger partial charge in [0, 0.05) is 19.3 Å². The Balaban J connectivity index is 2.05. The van der Waals surface area contributed by atoms with Gasteiger partial charge in [0.1, 0.15) is 18.5 Å². The van der Waals surface area contributed by atoms with Gasteiger partial charge in [0.15, 0.2) is 0 Å². The van der Waals surface area contributed by atoms with E-state index in [0.29, 0.717) is 12.2 Å². The van der Waals surface area contributed by atoms with Crippen LogP contribution in [0.25, 0.3) is 0 Å². The van der Waals surface area contributed by atoms with E-state index in [4.69, 9.17) is 4.74 Å². The largest absolute Gasteiger partial charge is 0.491 e. The van der Waals surface area contributed by atoms with E-state index in [9.17, 15) is 18.3 Å². The fraction of sp³-hybridized carbons (Fsp3) is 0.261. The maximum absolute atomic E-state index is 12.6. The van der Waals surface area contributed by atoms with E-state index in [2.05, 4.69) is 18.3 Å². The van der Waals surface area contributed by atoms with Crippen molar-refractivity contribution in [3.63, 3.8) is 0 Å². The highest BCUT2D eigenvalue weighted by atomic mass is 19.4. The smallest absolute Gasteiger partial charge is 0.416 e. The number of aliphatic hydroxyl groups excluding tert-OH is 1. The highest BCUT2D eigenvalue weighted by molar-refractivity contribution is 5.30. The molecular weight excluding hydrogens is 393 g/mol. The Morgan fingerprint density at radius 3 is 2.43 bits per heavy atom. The predicted octanol–water partition coefficient (Wildman–Crippen LogP) is 4.98. The standard InChI is InChI=1S/C23H25F3N2O2/c1-4-20(13-27-3)28(14-18-8-6-5-7-17(18)2)15-21(29)16-30-22-11-9-19(10-12-22)23(24,25)26/h4-13,21,29H,1,3,14-16H2,2H3/b20-13+. The average Bonchev–Trinajstić information content (AvgIpc) is 2.71. The second kappa shape index (κ2) is 10.6. The number of ether oxygens (including phenoxy) is 1. The van der Waals surface area contributed by atoms with Gasteiger partial charge >= 0.3 is 6.18 Å². The molecule has 2 aromatic carbocycles. The molecule has 0 aliphatic rings. The van der Waals surface area contributed by atoms with E-state index in [-0.39, 0.29) is 18.9 Å². The summed E-state index contributed by atoms with van der Waals surface area (Å²) in [4.78, 5) is 5.68. The van der Waals surface area contributed by atoms with Crippen molar-refractivity contribution in [2.45, 2.75) is 25.7 Å². The van der Waals surface area contributed by atoms with Gasteiger partial charge in [0.05, 0.1) is 11.3 Å². The lowest BCUT2D eigenvalue weighted by atomic mass is 10.1. The molecule has 0 bridgehead atoms. The van der Waals surface area contributed by atoms with Crippen LogP contribution in [0.4, 0.5) is 13.2 Å². The molecule has 0 aromatic heterocycles. The number of halogens is 3. The predicted molar refractivity (Wildman–Crippen MR) is 112 cm³/mol. The van der Waals surface area contributed by atoms with Crippen LogP contribution in [-0.2, 0) is 12.7 Å². The summed E-state index contributed by atoms with van der Waals surface area (Å²) in [6.07, 6.45) is -2.13. The first-order valence-corrected chi connectivity index (χ1v) is 9.30. The van der Waals surface area contributed by atoms with Crippen LogP contribution >= 0.6 is 0 Å². The van der Waals surface area contributed by atoms with E-state index in [0.717, 1.165) is 23.3 Å². The maximum Gasteiger partial charge on any atom is 0.416 e. The molecular formula is C23H25F3N2O2. The molecule has 0 radical (unpaired) electrons. The van der Waals surface area contributed by atoms with Crippen LogP contribution in [0, 0.1) is 6.92 Å². The quantitative estimate of drug-likeness (QED) is 0.437. The molecule has 0 amide bonds. The minimum absolute atomic E-state index is 0.0818. The van der Waals surface area contributed by atoms with Gasteiger partial charge in [-0.2, -0.15) is 13.2 Å². The fourth-order valence-electron chi connectivity index (χ4n) is 2.85. The Kier molecular flexibility index (Phi) is 8.24. The zero-order valence-corrected chi connectivity index (χ0v) is 16.8. The van der Waals surface area contributed by atoms with Crippen LogP contribution in [0.15, 0.2) is 78.1 Å². The third kappa shape index (κ3) is 6.77. The van der Waals surface area contributed by atoms with Gasteiger partial charge in [0.25, 0.3) is 0 Å². The van der Waals surface area contributed by atoms with E-state index in [1.807, 2.05) is 36.1 Å². The molecule has 30 heavy (non-hydrogen) atoms. The fourth-order valence-corrected chi connectivity index (χ4v) is 2.85. The SMILES string of the molecule is C=C/C(=C\N=C)N(Cc1ccccc1C)CC(O)COc1ccc(C(F)(F)F)cc1. The minimum Gasteiger partial charge on any atom is -0.491 e. The second-order valence-corrected chi connectivity index (χ2v) is 6.73. The molecule has 0 saturated heterocycles. The highest BCUT2D eigenvalue weighted by Crippen LogP contribution is 2.30. The van der Waals surface area contributed by atoms with E-state index in [1.54, 1.807) is 12.3 Å². The number of aliphatic hydroxyl groups is 1. The van der Waals surface area contributed by atoms with Gasteiger partial charge in [-0.1, -0.05) is 30.8 Å². The van der Waals surface area contributed by atoms with Crippen LogP contribution in [0.5, 0.6) is 5.75 Å². The Bertz CT molecular complexity index is 877. The average molecular weight is 418 g/mol. The first-order chi connectivity index (χ1) is 14.2. The minimum atomic E-state index is -4.40. The number of aliphatic imine (C=N–C) groups is 1. The van der Waals surface area contributed by atoms with E-state index in [1.165, 1.54) is 12.1 Å². The summed E-state index contributed by atoms with van der Waals surface area (Å²) in [6, 6.07) is 12.2. The number of aryl methyl sites for hydroxylation is 1. The topological polar surface area (TPSA) is 45.1 Å². The molecule has 0 fully saturated rings. The summed E-state index contributed by atoms with van der Waals surface area (Å²) in [5, 5.41) is 10.5. The van der Waals surface area contributed by atoms with Crippen LogP contribution in [0.1, 0.15) is 16.7 Å². The van der Waals surface area contributed by atoms with Gasteiger partial charge in [0.2, 0.25) is 0 Å². The molecule has 1 N–H and O–H groups in total. The van der Waals surface area contributed by atoms with Crippen LogP contribution < -0.4 is 4.74 Å². The summed E-state index contributed by atoms with van der Waals surface area (Å²) in [6.45, 7) is 9.90. The zero-order chi connectivity index (χ0) is 22.1. The van der Waals surface area contributed by atoms with E-state index < -0.39 is 17.8 Å². The molecule has 0 aliphatic heterocycles. The molecule has 0 aliphatic carbocycles. The van der Waals surface area contributed by atoms with Crippen LogP contribution in [0.3, 0.4) is 0 Å². The van der Waals surface area contributed by atoms with Crippen molar-refractivity contribution in [1.29, 1.82) is 0 Å². The number of hydrogen-bond donors (Lipinski definition) is 1. The normalized spacial score (nSPS) is 12.9. The number of nitrogens with zero attached hydrogens (tertiary/aromatic N) is 2. The maximum atomic E-state index is 12.6. The van der Waals surface area contributed by atoms with Gasteiger partial charge < -0.3 is 14.7 Å². The number of allylic oxidation sites excluding steroid dienone is 1. The van der Waals surface area contributed by atoms with Crippen molar-refractivity contribution >= 4 is 6.72 Å². The summed E-state index contributed by atoms with van der Waals surface area (Å²) in [5.41, 5.74) is 2.11. The molecule has 2 rings (SSSR count). The van der Waals surface area contributed by atoms with Gasteiger partial charge in [-0.3, -0.25) is 4.99 Å². The van der Waals surface area contributed by atoms with Crippen molar-refractivity contribution in [2.75, 3.05) is 13.2 Å². The van der Waals surface area contributed by atoms with Crippen molar-refractivity contribution < 1.29 is 23.0 Å². The lowest BCUT2D eigenvalue weighted by Gasteiger charge is -2.28. The Labute approximate surface area is 174 Å². The molecule has 1 atom stereocenters. The highest BCUT2D eigenvalue weighted by Gasteiger charge is 2.30. The van der Waals surface area contributed by atoms with Gasteiger partial charge in [-0.25, -0.2) is 0 Å². The molecule has 4 nitrogen and oxygen atoms in total. The Morgan fingerprint density at radius 1 is 1.20 bits per heavy atom. The zero-order valence-electron chi connectivity index (χ0n) is 16.8. The first kappa shape index (κ1) is 23.2. The van der Waals surface area contributed by atoms with Crippen molar-refractivity contribution in [3.8, 4) is 5.75 Å². The third-order valence-corrected chi connectivity index (χ3v) is 4.48. The molecule has 160 valence electrons. The van der Waals surface area contributed by atoms with Crippen molar-refractivity contribution in [3.05, 3.63) is 89.8 Å². The van der Waals surface area contributed by atoms with Crippen LogP contribution in [0.2, 0.25) is 0 Å². The molecule has 7 heteroatoms. The number of rotatable bonds is 10. The lowest BCUT2D eigenvalue weighted by molar-refractivity contribution is -0.137. The Hall–Kier alpha value is -3.06. The first-order valence-electron chi connectivity index (χ1n) is 9.30.